The summed E-state index contributed by atoms with van der Waals surface area (Å²) in [7, 11) is 0. The van der Waals surface area contributed by atoms with Gasteiger partial charge in [0, 0.05) is 43.0 Å². The molecule has 52 heavy (non-hydrogen) atoms. The van der Waals surface area contributed by atoms with Gasteiger partial charge < -0.3 is 46.3 Å². The molecule has 0 spiro atoms. The fourth-order valence-electron chi connectivity index (χ4n) is 5.20. The second-order valence-corrected chi connectivity index (χ2v) is 12.5. The Hall–Kier alpha value is -6.26. The first kappa shape index (κ1) is 40.2. The van der Waals surface area contributed by atoms with Crippen LogP contribution in [0.5, 0.6) is 5.75 Å². The van der Waals surface area contributed by atoms with Crippen molar-refractivity contribution in [3.05, 3.63) is 70.1 Å². The van der Waals surface area contributed by atoms with Gasteiger partial charge in [0.1, 0.15) is 35.5 Å². The van der Waals surface area contributed by atoms with Crippen molar-refractivity contribution in [3.63, 3.8) is 0 Å². The van der Waals surface area contributed by atoms with Crippen molar-refractivity contribution in [1.82, 2.24) is 21.3 Å². The van der Waals surface area contributed by atoms with Crippen LogP contribution in [0.15, 0.2) is 57.7 Å². The van der Waals surface area contributed by atoms with Gasteiger partial charge in [0.25, 0.3) is 0 Å². The summed E-state index contributed by atoms with van der Waals surface area (Å²) in [6, 6.07) is 5.84. The first-order valence-corrected chi connectivity index (χ1v) is 16.2. The van der Waals surface area contributed by atoms with Crippen LogP contribution in [0.4, 0.5) is 5.69 Å². The van der Waals surface area contributed by atoms with Crippen molar-refractivity contribution in [2.45, 2.75) is 77.5 Å². The van der Waals surface area contributed by atoms with Crippen LogP contribution in [0.3, 0.4) is 0 Å². The number of aryl methyl sites for hydroxylation is 1. The molecule has 8 N–H and O–H groups in total. The first-order valence-electron chi connectivity index (χ1n) is 16.2. The normalized spacial score (nSPS) is 13.2. The highest BCUT2D eigenvalue weighted by atomic mass is 16.4. The van der Waals surface area contributed by atoms with Crippen LogP contribution in [-0.4, -0.2) is 81.0 Å². The summed E-state index contributed by atoms with van der Waals surface area (Å²) in [6.07, 6.45) is -1.85. The molecule has 0 radical (unpaired) electrons. The highest BCUT2D eigenvalue weighted by Crippen LogP contribution is 2.21. The average molecular weight is 724 g/mol. The summed E-state index contributed by atoms with van der Waals surface area (Å²) in [5.41, 5.74) is 0.880. The molecule has 278 valence electrons. The van der Waals surface area contributed by atoms with Gasteiger partial charge in [-0.1, -0.05) is 26.0 Å². The molecule has 17 nitrogen and oxygen atoms in total. The number of carboxylic acids is 2. The Morgan fingerprint density at radius 2 is 1.38 bits per heavy atom. The number of aromatic hydroxyl groups is 1. The highest BCUT2D eigenvalue weighted by Gasteiger charge is 2.33. The number of carboxylic acid groups (broad SMARTS) is 2. The molecular weight excluding hydrogens is 682 g/mol. The number of hydrogen-bond acceptors (Lipinski definition) is 10. The third-order valence-electron chi connectivity index (χ3n) is 7.83. The molecule has 0 saturated heterocycles. The van der Waals surface area contributed by atoms with Gasteiger partial charge in [-0.3, -0.25) is 33.6 Å². The molecule has 4 unspecified atom stereocenters. The van der Waals surface area contributed by atoms with Gasteiger partial charge in [-0.15, -0.1) is 0 Å². The maximum Gasteiger partial charge on any atom is 0.336 e. The molecule has 5 amide bonds. The molecule has 4 atom stereocenters. The number of carbonyl (C=O) groups excluding carboxylic acids is 5. The lowest BCUT2D eigenvalue weighted by Gasteiger charge is -2.27. The standard InChI is InChI=1S/C35H41N5O12/c1-17(2)31(35(51)39-26(16-29(45)46)33(49)37-21-7-10-23-18(3)13-30(47)52-27(23)15-21)40-32(48)24(11-12-28(43)44)38-34(50)25(36-19(4)41)14-20-5-8-22(42)9-6-20/h5-10,13,15,17,24-26,31,42H,11-12,14,16H2,1-4H3,(H,36,41)(H,37,49)(H,38,50)(H,39,51)(H,40,48)(H,43,44)(H,45,46). The third kappa shape index (κ3) is 12.0. The number of benzene rings is 2. The number of amides is 5. The van der Waals surface area contributed by atoms with Crippen molar-refractivity contribution in [3.8, 4) is 5.75 Å². The number of anilines is 1. The van der Waals surface area contributed by atoms with Gasteiger partial charge >= 0.3 is 17.6 Å². The molecule has 1 aromatic heterocycles. The molecule has 0 aliphatic carbocycles. The molecule has 0 fully saturated rings. The topological polar surface area (TPSA) is 271 Å². The molecule has 17 heteroatoms. The maximum absolute atomic E-state index is 13.5. The van der Waals surface area contributed by atoms with E-state index in [9.17, 15) is 53.7 Å². The van der Waals surface area contributed by atoms with E-state index in [1.54, 1.807) is 26.8 Å². The zero-order chi connectivity index (χ0) is 38.7. The Balaban J connectivity index is 1.79. The third-order valence-corrected chi connectivity index (χ3v) is 7.83. The number of hydrogen-bond donors (Lipinski definition) is 8. The Bertz CT molecular complexity index is 1890. The monoisotopic (exact) mass is 723 g/mol. The maximum atomic E-state index is 13.5. The zero-order valence-electron chi connectivity index (χ0n) is 28.8. The minimum Gasteiger partial charge on any atom is -0.508 e. The Morgan fingerprint density at radius 3 is 1.98 bits per heavy atom. The fourth-order valence-corrected chi connectivity index (χ4v) is 5.20. The van der Waals surface area contributed by atoms with Gasteiger partial charge in [-0.25, -0.2) is 4.79 Å². The molecule has 0 saturated carbocycles. The number of nitrogens with one attached hydrogen (secondary N) is 5. The first-order chi connectivity index (χ1) is 24.4. The highest BCUT2D eigenvalue weighted by molar-refractivity contribution is 6.01. The van der Waals surface area contributed by atoms with Crippen molar-refractivity contribution in [2.75, 3.05) is 5.32 Å². The quantitative estimate of drug-likeness (QED) is 0.0905. The average Bonchev–Trinajstić information content (AvgIpc) is 3.04. The molecule has 0 bridgehead atoms. The van der Waals surface area contributed by atoms with Crippen LogP contribution in [0.2, 0.25) is 0 Å². The lowest BCUT2D eigenvalue weighted by Crippen LogP contribution is -2.59. The Labute approximate surface area is 297 Å². The van der Waals surface area contributed by atoms with E-state index in [1.165, 1.54) is 49.4 Å². The minimum absolute atomic E-state index is 0.0236. The predicted octanol–water partition coefficient (Wildman–Crippen LogP) is 0.943. The summed E-state index contributed by atoms with van der Waals surface area (Å²) in [5, 5.41) is 41.2. The lowest BCUT2D eigenvalue weighted by molar-refractivity contribution is -0.141. The van der Waals surface area contributed by atoms with E-state index in [-0.39, 0.29) is 23.4 Å². The molecule has 3 rings (SSSR count). The number of fused-ring (bicyclic) bond motifs is 1. The summed E-state index contributed by atoms with van der Waals surface area (Å²) in [5.74, 6) is -7.61. The van der Waals surface area contributed by atoms with E-state index in [1.807, 2.05) is 0 Å². The summed E-state index contributed by atoms with van der Waals surface area (Å²) < 4.78 is 5.19. The molecule has 0 aliphatic heterocycles. The van der Waals surface area contributed by atoms with E-state index in [0.717, 1.165) is 0 Å². The summed E-state index contributed by atoms with van der Waals surface area (Å²) >= 11 is 0. The second kappa shape index (κ2) is 18.1. The van der Waals surface area contributed by atoms with Crippen molar-refractivity contribution in [1.29, 1.82) is 0 Å². The fraction of sp³-hybridized carbons (Fsp3) is 0.371. The van der Waals surface area contributed by atoms with E-state index >= 15 is 0 Å². The van der Waals surface area contributed by atoms with E-state index in [2.05, 4.69) is 26.6 Å². The predicted molar refractivity (Wildman–Crippen MR) is 185 cm³/mol. The van der Waals surface area contributed by atoms with Crippen LogP contribution in [0.1, 0.15) is 51.2 Å². The minimum atomic E-state index is -1.64. The van der Waals surface area contributed by atoms with Gasteiger partial charge in [0.2, 0.25) is 29.5 Å². The summed E-state index contributed by atoms with van der Waals surface area (Å²) in [6.45, 7) is 5.98. The molecule has 3 aromatic rings. The number of aliphatic carboxylic acids is 2. The Kier molecular flexibility index (Phi) is 14.0. The lowest BCUT2D eigenvalue weighted by atomic mass is 10.0. The molecule has 2 aromatic carbocycles. The van der Waals surface area contributed by atoms with Gasteiger partial charge in [-0.2, -0.15) is 0 Å². The van der Waals surface area contributed by atoms with E-state index in [0.29, 0.717) is 16.5 Å². The van der Waals surface area contributed by atoms with Gasteiger partial charge in [0.05, 0.1) is 6.42 Å². The number of carbonyl (C=O) groups is 7. The molecular formula is C35H41N5O12. The second-order valence-electron chi connectivity index (χ2n) is 12.5. The number of rotatable bonds is 17. The van der Waals surface area contributed by atoms with Crippen molar-refractivity contribution < 1.29 is 53.3 Å². The van der Waals surface area contributed by atoms with Crippen LogP contribution < -0.4 is 32.2 Å². The summed E-state index contributed by atoms with van der Waals surface area (Å²) in [4.78, 5) is 100. The SMILES string of the molecule is CC(=O)NC(Cc1ccc(O)cc1)C(=O)NC(CCC(=O)O)C(=O)NC(C(=O)NC(CC(=O)O)C(=O)Nc1ccc2c(C)cc(=O)oc2c1)C(C)C. The number of phenolic OH excluding ortho intramolecular Hbond substituents is 1. The van der Waals surface area contributed by atoms with E-state index < -0.39 is 96.4 Å². The van der Waals surface area contributed by atoms with Gasteiger partial charge in [-0.05, 0) is 54.7 Å². The zero-order valence-corrected chi connectivity index (χ0v) is 28.8. The van der Waals surface area contributed by atoms with Crippen LogP contribution in [-0.2, 0) is 40.0 Å². The molecule has 0 aliphatic rings. The van der Waals surface area contributed by atoms with Crippen LogP contribution >= 0.6 is 0 Å². The van der Waals surface area contributed by atoms with Gasteiger partial charge in [0.15, 0.2) is 0 Å². The molecule has 1 heterocycles. The largest absolute Gasteiger partial charge is 0.508 e. The smallest absolute Gasteiger partial charge is 0.336 e. The van der Waals surface area contributed by atoms with Crippen molar-refractivity contribution >= 4 is 58.1 Å². The van der Waals surface area contributed by atoms with Crippen molar-refractivity contribution in [2.24, 2.45) is 5.92 Å². The van der Waals surface area contributed by atoms with E-state index in [4.69, 9.17) is 4.42 Å². The number of phenols is 1. The van der Waals surface area contributed by atoms with Crippen LogP contribution in [0.25, 0.3) is 11.0 Å². The van der Waals surface area contributed by atoms with Crippen LogP contribution in [0, 0.1) is 12.8 Å². The Morgan fingerprint density at radius 1 is 0.750 bits per heavy atom.